The topological polar surface area (TPSA) is 43.7 Å². The lowest BCUT2D eigenvalue weighted by Crippen LogP contribution is -2.11. The average Bonchev–Trinajstić information content (AvgIpc) is 2.41. The van der Waals surface area contributed by atoms with Gasteiger partial charge in [0.05, 0.1) is 6.61 Å². The lowest BCUT2D eigenvalue weighted by atomic mass is 9.96. The first-order valence-corrected chi connectivity index (χ1v) is 6.68. The molecule has 0 fully saturated rings. The highest BCUT2D eigenvalue weighted by atomic mass is 16.3. The number of hydrogen-bond acceptors (Lipinski definition) is 3. The van der Waals surface area contributed by atoms with Crippen LogP contribution in [0.5, 0.6) is 5.75 Å². The maximum atomic E-state index is 9.61. The Kier molecular flexibility index (Phi) is 4.42. The fourth-order valence-corrected chi connectivity index (χ4v) is 2.35. The van der Waals surface area contributed by atoms with Crippen LogP contribution in [-0.4, -0.2) is 29.2 Å². The molecule has 2 aromatic carbocycles. The largest absolute Gasteiger partial charge is 0.508 e. The number of benzene rings is 2. The van der Waals surface area contributed by atoms with Gasteiger partial charge in [0.1, 0.15) is 5.75 Å². The number of aryl methyl sites for hydroxylation is 1. The monoisotopic (exact) mass is 271 g/mol. The second kappa shape index (κ2) is 6.07. The summed E-state index contributed by atoms with van der Waals surface area (Å²) >= 11 is 0. The van der Waals surface area contributed by atoms with Gasteiger partial charge in [-0.15, -0.1) is 0 Å². The highest BCUT2D eigenvalue weighted by Crippen LogP contribution is 2.29. The summed E-state index contributed by atoms with van der Waals surface area (Å²) < 4.78 is 0. The zero-order valence-corrected chi connectivity index (χ0v) is 12.2. The quantitative estimate of drug-likeness (QED) is 0.898. The lowest BCUT2D eigenvalue weighted by molar-refractivity contribution is 0.282. The molecule has 0 spiro atoms. The van der Waals surface area contributed by atoms with Crippen molar-refractivity contribution in [3.05, 3.63) is 53.1 Å². The maximum Gasteiger partial charge on any atom is 0.118 e. The molecule has 0 unspecified atom stereocenters. The predicted octanol–water partition coefficient (Wildman–Crippen LogP) is 2.92. The van der Waals surface area contributed by atoms with E-state index in [1.165, 1.54) is 5.56 Å². The van der Waals surface area contributed by atoms with Crippen LogP contribution in [0.3, 0.4) is 0 Å². The fourth-order valence-electron chi connectivity index (χ4n) is 2.35. The van der Waals surface area contributed by atoms with Gasteiger partial charge >= 0.3 is 0 Å². The minimum Gasteiger partial charge on any atom is -0.508 e. The van der Waals surface area contributed by atoms with Crippen molar-refractivity contribution in [2.45, 2.75) is 20.1 Å². The molecular formula is C17H21NO2. The molecule has 0 bridgehead atoms. The Balaban J connectivity index is 2.43. The zero-order chi connectivity index (χ0) is 14.7. The summed E-state index contributed by atoms with van der Waals surface area (Å²) in [6, 6.07) is 11.7. The van der Waals surface area contributed by atoms with Crippen molar-refractivity contribution in [3.8, 4) is 16.9 Å². The van der Waals surface area contributed by atoms with Gasteiger partial charge in [0.15, 0.2) is 0 Å². The van der Waals surface area contributed by atoms with Crippen LogP contribution in [0.1, 0.15) is 16.7 Å². The third-order valence-corrected chi connectivity index (χ3v) is 3.35. The van der Waals surface area contributed by atoms with Crippen LogP contribution in [-0.2, 0) is 13.2 Å². The van der Waals surface area contributed by atoms with E-state index in [4.69, 9.17) is 0 Å². The highest BCUT2D eigenvalue weighted by molar-refractivity contribution is 5.69. The van der Waals surface area contributed by atoms with Gasteiger partial charge in [-0.3, -0.25) is 0 Å². The molecule has 3 heteroatoms. The van der Waals surface area contributed by atoms with Crippen molar-refractivity contribution in [1.29, 1.82) is 0 Å². The number of aromatic hydroxyl groups is 1. The van der Waals surface area contributed by atoms with Crippen molar-refractivity contribution in [2.75, 3.05) is 14.1 Å². The van der Waals surface area contributed by atoms with Gasteiger partial charge in [0.2, 0.25) is 0 Å². The first kappa shape index (κ1) is 14.6. The normalized spacial score (nSPS) is 11.1. The molecule has 0 aromatic heterocycles. The number of phenolic OH excluding ortho intramolecular Hbond substituents is 1. The number of aliphatic hydroxyl groups excluding tert-OH is 1. The Bertz CT molecular complexity index is 606. The molecule has 3 nitrogen and oxygen atoms in total. The van der Waals surface area contributed by atoms with Crippen LogP contribution in [0, 0.1) is 6.92 Å². The van der Waals surface area contributed by atoms with E-state index in [0.717, 1.165) is 28.8 Å². The highest BCUT2D eigenvalue weighted by Gasteiger charge is 2.08. The molecule has 20 heavy (non-hydrogen) atoms. The first-order chi connectivity index (χ1) is 9.51. The van der Waals surface area contributed by atoms with Crippen LogP contribution in [0.15, 0.2) is 36.4 Å². The number of aliphatic hydroxyl groups is 1. The molecule has 0 aliphatic heterocycles. The zero-order valence-electron chi connectivity index (χ0n) is 12.2. The van der Waals surface area contributed by atoms with E-state index in [0.29, 0.717) is 5.75 Å². The smallest absolute Gasteiger partial charge is 0.118 e. The predicted molar refractivity (Wildman–Crippen MR) is 81.6 cm³/mol. The van der Waals surface area contributed by atoms with Crippen LogP contribution >= 0.6 is 0 Å². The minimum absolute atomic E-state index is 0.0104. The first-order valence-electron chi connectivity index (χ1n) is 6.68. The number of phenols is 1. The third-order valence-electron chi connectivity index (χ3n) is 3.35. The minimum atomic E-state index is 0.0104. The molecule has 106 valence electrons. The molecule has 0 amide bonds. The van der Waals surface area contributed by atoms with Gasteiger partial charge in [-0.05, 0) is 61.0 Å². The van der Waals surface area contributed by atoms with Crippen molar-refractivity contribution < 1.29 is 10.2 Å². The summed E-state index contributed by atoms with van der Waals surface area (Å²) in [7, 11) is 4.05. The van der Waals surface area contributed by atoms with Gasteiger partial charge < -0.3 is 15.1 Å². The van der Waals surface area contributed by atoms with Gasteiger partial charge in [0, 0.05) is 6.54 Å². The van der Waals surface area contributed by atoms with Crippen molar-refractivity contribution >= 4 is 0 Å². The molecule has 2 aromatic rings. The maximum absolute atomic E-state index is 9.61. The van der Waals surface area contributed by atoms with Crippen LogP contribution < -0.4 is 0 Å². The lowest BCUT2D eigenvalue weighted by Gasteiger charge is -2.14. The number of rotatable bonds is 4. The van der Waals surface area contributed by atoms with E-state index in [2.05, 4.69) is 11.0 Å². The molecule has 0 aliphatic carbocycles. The molecule has 0 heterocycles. The second-order valence-electron chi connectivity index (χ2n) is 5.39. The summed E-state index contributed by atoms with van der Waals surface area (Å²) in [5.41, 5.74) is 4.95. The average molecular weight is 271 g/mol. The fraction of sp³-hybridized carbons (Fsp3) is 0.294. The van der Waals surface area contributed by atoms with Crippen molar-refractivity contribution in [2.24, 2.45) is 0 Å². The summed E-state index contributed by atoms with van der Waals surface area (Å²) in [6.07, 6.45) is 0. The summed E-state index contributed by atoms with van der Waals surface area (Å²) in [4.78, 5) is 2.10. The Morgan fingerprint density at radius 2 is 1.80 bits per heavy atom. The molecule has 0 atom stereocenters. The molecule has 0 radical (unpaired) electrons. The third kappa shape index (κ3) is 3.18. The summed E-state index contributed by atoms with van der Waals surface area (Å²) in [6.45, 7) is 2.73. The van der Waals surface area contributed by atoms with E-state index in [1.807, 2.05) is 45.3 Å². The van der Waals surface area contributed by atoms with E-state index >= 15 is 0 Å². The molecule has 0 saturated heterocycles. The molecular weight excluding hydrogens is 250 g/mol. The van der Waals surface area contributed by atoms with Crippen LogP contribution in [0.2, 0.25) is 0 Å². The van der Waals surface area contributed by atoms with Crippen molar-refractivity contribution in [1.82, 2.24) is 4.90 Å². The Labute approximate surface area is 120 Å². The van der Waals surface area contributed by atoms with Gasteiger partial charge in [-0.25, -0.2) is 0 Å². The van der Waals surface area contributed by atoms with Crippen molar-refractivity contribution in [3.63, 3.8) is 0 Å². The second-order valence-corrected chi connectivity index (χ2v) is 5.39. The Morgan fingerprint density at radius 1 is 1.05 bits per heavy atom. The Morgan fingerprint density at radius 3 is 2.40 bits per heavy atom. The number of nitrogens with zero attached hydrogens (tertiary/aromatic N) is 1. The van der Waals surface area contributed by atoms with Gasteiger partial charge in [-0.2, -0.15) is 0 Å². The molecule has 0 aliphatic rings. The van der Waals surface area contributed by atoms with Gasteiger partial charge in [0.25, 0.3) is 0 Å². The standard InChI is InChI=1S/C17H21NO2/c1-12-8-14(5-7-17(12)20)16-6-4-13(10-18(2)3)9-15(16)11-19/h4-9,19-20H,10-11H2,1-3H3. The van der Waals surface area contributed by atoms with E-state index in [-0.39, 0.29) is 6.61 Å². The molecule has 2 rings (SSSR count). The van der Waals surface area contributed by atoms with E-state index < -0.39 is 0 Å². The van der Waals surface area contributed by atoms with Crippen LogP contribution in [0.25, 0.3) is 11.1 Å². The summed E-state index contributed by atoms with van der Waals surface area (Å²) in [5.74, 6) is 0.295. The summed E-state index contributed by atoms with van der Waals surface area (Å²) in [5, 5.41) is 19.2. The number of hydrogen-bond donors (Lipinski definition) is 2. The SMILES string of the molecule is Cc1cc(-c2ccc(CN(C)C)cc2CO)ccc1O. The van der Waals surface area contributed by atoms with E-state index in [9.17, 15) is 10.2 Å². The molecule has 0 saturated carbocycles. The van der Waals surface area contributed by atoms with E-state index in [1.54, 1.807) is 6.07 Å². The van der Waals surface area contributed by atoms with Gasteiger partial charge in [-0.1, -0.05) is 24.3 Å². The van der Waals surface area contributed by atoms with Crippen LogP contribution in [0.4, 0.5) is 0 Å². The molecule has 2 N–H and O–H groups in total. The Hall–Kier alpha value is -1.84.